The predicted molar refractivity (Wildman–Crippen MR) is 76.6 cm³/mol. The van der Waals surface area contributed by atoms with Crippen LogP contribution in [0.3, 0.4) is 0 Å². The highest BCUT2D eigenvalue weighted by Gasteiger charge is 2.47. The van der Waals surface area contributed by atoms with E-state index < -0.39 is 0 Å². The molecule has 1 aromatic heterocycles. The minimum atomic E-state index is -0.214. The van der Waals surface area contributed by atoms with E-state index in [2.05, 4.69) is 54.4 Å². The maximum atomic E-state index is 9.64. The Morgan fingerprint density at radius 3 is 2.63 bits per heavy atom. The highest BCUT2D eigenvalue weighted by atomic mass is 15.1. The molecule has 3 nitrogen and oxygen atoms in total. The largest absolute Gasteiger partial charge is 0.361 e. The molecule has 1 atom stereocenters. The van der Waals surface area contributed by atoms with Crippen molar-refractivity contribution >= 4 is 10.9 Å². The Bertz CT molecular complexity index is 629. The monoisotopic (exact) mass is 253 g/mol. The van der Waals surface area contributed by atoms with Crippen LogP contribution < -0.4 is 0 Å². The number of nitriles is 1. The van der Waals surface area contributed by atoms with Crippen LogP contribution in [0, 0.1) is 16.7 Å². The molecule has 2 aromatic rings. The number of H-pyrrole nitrogens is 1. The van der Waals surface area contributed by atoms with E-state index in [-0.39, 0.29) is 11.5 Å². The highest BCUT2D eigenvalue weighted by molar-refractivity contribution is 5.83. The standard InChI is InChI=1S/C16H19N3/c1-19(2)15(16(11-17)8-5-9-16)13-10-18-14-7-4-3-6-12(13)14/h3-4,6-7,10,15,18H,5,8-9H2,1-2H3. The third kappa shape index (κ3) is 1.75. The van der Waals surface area contributed by atoms with E-state index in [1.165, 1.54) is 17.4 Å². The van der Waals surface area contributed by atoms with Gasteiger partial charge in [-0.2, -0.15) is 5.26 Å². The van der Waals surface area contributed by atoms with Crippen LogP contribution in [0.2, 0.25) is 0 Å². The van der Waals surface area contributed by atoms with Crippen LogP contribution in [-0.2, 0) is 0 Å². The molecule has 1 saturated carbocycles. The van der Waals surface area contributed by atoms with E-state index in [9.17, 15) is 5.26 Å². The number of aromatic nitrogens is 1. The van der Waals surface area contributed by atoms with Crippen molar-refractivity contribution in [3.63, 3.8) is 0 Å². The van der Waals surface area contributed by atoms with E-state index in [0.29, 0.717) is 0 Å². The zero-order valence-electron chi connectivity index (χ0n) is 11.5. The van der Waals surface area contributed by atoms with Gasteiger partial charge in [0.25, 0.3) is 0 Å². The number of hydrogen-bond donors (Lipinski definition) is 1. The smallest absolute Gasteiger partial charge is 0.0771 e. The van der Waals surface area contributed by atoms with Gasteiger partial charge in [-0.15, -0.1) is 0 Å². The summed E-state index contributed by atoms with van der Waals surface area (Å²) >= 11 is 0. The predicted octanol–water partition coefficient (Wildman–Crippen LogP) is 3.46. The fraction of sp³-hybridized carbons (Fsp3) is 0.438. The van der Waals surface area contributed by atoms with E-state index in [1.54, 1.807) is 0 Å². The molecule has 0 amide bonds. The summed E-state index contributed by atoms with van der Waals surface area (Å²) in [4.78, 5) is 5.52. The summed E-state index contributed by atoms with van der Waals surface area (Å²) in [5.41, 5.74) is 2.19. The summed E-state index contributed by atoms with van der Waals surface area (Å²) in [5.74, 6) is 0. The summed E-state index contributed by atoms with van der Waals surface area (Å²) in [6.45, 7) is 0. The van der Waals surface area contributed by atoms with Crippen LogP contribution in [0.1, 0.15) is 30.9 Å². The van der Waals surface area contributed by atoms with Crippen LogP contribution in [0.15, 0.2) is 30.5 Å². The zero-order valence-corrected chi connectivity index (χ0v) is 11.5. The number of fused-ring (bicyclic) bond motifs is 1. The molecule has 0 spiro atoms. The number of benzene rings is 1. The molecular formula is C16H19N3. The zero-order chi connectivity index (χ0) is 13.5. The van der Waals surface area contributed by atoms with Gasteiger partial charge in [-0.25, -0.2) is 0 Å². The number of para-hydroxylation sites is 1. The molecule has 1 unspecified atom stereocenters. The van der Waals surface area contributed by atoms with Gasteiger partial charge in [-0.1, -0.05) is 24.6 Å². The highest BCUT2D eigenvalue weighted by Crippen LogP contribution is 2.52. The van der Waals surface area contributed by atoms with Gasteiger partial charge >= 0.3 is 0 Å². The molecule has 1 heterocycles. The van der Waals surface area contributed by atoms with Crippen molar-refractivity contribution in [3.8, 4) is 6.07 Å². The minimum absolute atomic E-state index is 0.169. The Labute approximate surface area is 113 Å². The molecule has 1 aliphatic rings. The van der Waals surface area contributed by atoms with E-state index in [0.717, 1.165) is 18.4 Å². The molecule has 19 heavy (non-hydrogen) atoms. The van der Waals surface area contributed by atoms with Gasteiger partial charge in [0, 0.05) is 17.1 Å². The average Bonchev–Trinajstić information content (AvgIpc) is 2.77. The average molecular weight is 253 g/mol. The van der Waals surface area contributed by atoms with Gasteiger partial charge in [-0.05, 0) is 38.6 Å². The quantitative estimate of drug-likeness (QED) is 0.910. The first-order chi connectivity index (χ1) is 9.18. The summed E-state index contributed by atoms with van der Waals surface area (Å²) in [5, 5.41) is 10.9. The summed E-state index contributed by atoms with van der Waals surface area (Å²) < 4.78 is 0. The molecule has 98 valence electrons. The van der Waals surface area contributed by atoms with Gasteiger partial charge < -0.3 is 9.88 Å². The molecule has 0 saturated heterocycles. The number of nitrogens with zero attached hydrogens (tertiary/aromatic N) is 2. The van der Waals surface area contributed by atoms with Gasteiger partial charge in [0.2, 0.25) is 0 Å². The topological polar surface area (TPSA) is 42.8 Å². The van der Waals surface area contributed by atoms with Gasteiger partial charge in [-0.3, -0.25) is 0 Å². The Balaban J connectivity index is 2.13. The van der Waals surface area contributed by atoms with Crippen LogP contribution >= 0.6 is 0 Å². The maximum Gasteiger partial charge on any atom is 0.0771 e. The molecule has 0 radical (unpaired) electrons. The Morgan fingerprint density at radius 1 is 1.32 bits per heavy atom. The molecular weight excluding hydrogens is 234 g/mol. The fourth-order valence-electron chi connectivity index (χ4n) is 3.39. The molecule has 0 bridgehead atoms. The number of hydrogen-bond acceptors (Lipinski definition) is 2. The lowest BCUT2D eigenvalue weighted by Crippen LogP contribution is -2.41. The maximum absolute atomic E-state index is 9.64. The first-order valence-corrected chi connectivity index (χ1v) is 6.82. The van der Waals surface area contributed by atoms with Crippen LogP contribution in [-0.4, -0.2) is 24.0 Å². The molecule has 3 rings (SSSR count). The summed E-state index contributed by atoms with van der Waals surface area (Å²) in [7, 11) is 4.15. The van der Waals surface area contributed by atoms with Crippen molar-refractivity contribution in [2.45, 2.75) is 25.3 Å². The van der Waals surface area contributed by atoms with Crippen molar-refractivity contribution in [2.75, 3.05) is 14.1 Å². The van der Waals surface area contributed by atoms with Gasteiger partial charge in [0.15, 0.2) is 0 Å². The molecule has 0 aliphatic heterocycles. The van der Waals surface area contributed by atoms with Crippen molar-refractivity contribution in [3.05, 3.63) is 36.0 Å². The first kappa shape index (κ1) is 12.3. The third-order valence-electron chi connectivity index (χ3n) is 4.42. The molecule has 1 aliphatic carbocycles. The first-order valence-electron chi connectivity index (χ1n) is 6.82. The van der Waals surface area contributed by atoms with Gasteiger partial charge in [0.05, 0.1) is 17.5 Å². The van der Waals surface area contributed by atoms with Crippen molar-refractivity contribution in [1.82, 2.24) is 9.88 Å². The van der Waals surface area contributed by atoms with Crippen LogP contribution in [0.25, 0.3) is 10.9 Å². The van der Waals surface area contributed by atoms with E-state index in [4.69, 9.17) is 0 Å². The second-order valence-corrected chi connectivity index (χ2v) is 5.78. The number of aromatic amines is 1. The third-order valence-corrected chi connectivity index (χ3v) is 4.42. The van der Waals surface area contributed by atoms with Crippen molar-refractivity contribution < 1.29 is 0 Å². The second-order valence-electron chi connectivity index (χ2n) is 5.78. The summed E-state index contributed by atoms with van der Waals surface area (Å²) in [6.07, 6.45) is 5.25. The van der Waals surface area contributed by atoms with E-state index in [1.807, 2.05) is 6.07 Å². The number of nitrogens with one attached hydrogen (secondary N) is 1. The second kappa shape index (κ2) is 4.40. The SMILES string of the molecule is CN(C)C(c1c[nH]c2ccccc12)C1(C#N)CCC1. The van der Waals surface area contributed by atoms with Crippen LogP contribution in [0.5, 0.6) is 0 Å². The minimum Gasteiger partial charge on any atom is -0.361 e. The Hall–Kier alpha value is -1.79. The molecule has 1 aromatic carbocycles. The van der Waals surface area contributed by atoms with Gasteiger partial charge in [0.1, 0.15) is 0 Å². The van der Waals surface area contributed by atoms with Crippen LogP contribution in [0.4, 0.5) is 0 Å². The molecule has 1 fully saturated rings. The van der Waals surface area contributed by atoms with Crippen molar-refractivity contribution in [2.24, 2.45) is 5.41 Å². The molecule has 3 heteroatoms. The van der Waals surface area contributed by atoms with Crippen molar-refractivity contribution in [1.29, 1.82) is 5.26 Å². The normalized spacial score (nSPS) is 19.1. The molecule has 1 N–H and O–H groups in total. The fourth-order valence-corrected chi connectivity index (χ4v) is 3.39. The summed E-state index contributed by atoms with van der Waals surface area (Å²) in [6, 6.07) is 11.1. The van der Waals surface area contributed by atoms with E-state index >= 15 is 0 Å². The lowest BCUT2D eigenvalue weighted by Gasteiger charge is -2.45. The Kier molecular flexibility index (Phi) is 2.83. The Morgan fingerprint density at radius 2 is 2.05 bits per heavy atom. The lowest BCUT2D eigenvalue weighted by atomic mass is 9.63. The lowest BCUT2D eigenvalue weighted by molar-refractivity contribution is 0.0758. The number of rotatable bonds is 3.